The summed E-state index contributed by atoms with van der Waals surface area (Å²) in [5, 5.41) is 13.3. The summed E-state index contributed by atoms with van der Waals surface area (Å²) < 4.78 is 20.7. The van der Waals surface area contributed by atoms with Crippen molar-refractivity contribution >= 4 is 17.4 Å². The molecule has 8 nitrogen and oxygen atoms in total. The molecule has 1 aromatic heterocycles. The maximum atomic E-state index is 15.0. The summed E-state index contributed by atoms with van der Waals surface area (Å²) in [6.45, 7) is 0.802. The maximum Gasteiger partial charge on any atom is 0.258 e. The number of fused-ring (bicyclic) bond motifs is 1. The van der Waals surface area contributed by atoms with E-state index in [9.17, 15) is 14.3 Å². The van der Waals surface area contributed by atoms with E-state index in [0.29, 0.717) is 54.4 Å². The van der Waals surface area contributed by atoms with Crippen molar-refractivity contribution in [2.75, 3.05) is 37.4 Å². The van der Waals surface area contributed by atoms with Crippen molar-refractivity contribution in [3.63, 3.8) is 0 Å². The van der Waals surface area contributed by atoms with Gasteiger partial charge in [-0.1, -0.05) is 12.1 Å². The SMILES string of the molecule is CNCCOc1c(N)ncnc1-c1cc(F)cc(N2CCc3cc(C4CC4)ccc3C2=O)c1CO. The number of rotatable bonds is 8. The number of carbonyl (C=O) groups excluding carboxylic acids is 1. The Morgan fingerprint density at radius 2 is 2.06 bits per heavy atom. The zero-order valence-corrected chi connectivity index (χ0v) is 19.6. The maximum absolute atomic E-state index is 15.0. The lowest BCUT2D eigenvalue weighted by Crippen LogP contribution is -2.38. The fourth-order valence-corrected chi connectivity index (χ4v) is 4.63. The van der Waals surface area contributed by atoms with Gasteiger partial charge in [-0.15, -0.1) is 0 Å². The number of ether oxygens (including phenoxy) is 1. The number of aliphatic hydroxyl groups is 1. The number of nitrogens with two attached hydrogens (primary N) is 1. The number of nitrogens with one attached hydrogen (secondary N) is 1. The van der Waals surface area contributed by atoms with Crippen LogP contribution in [-0.4, -0.2) is 47.7 Å². The average molecular weight is 478 g/mol. The Morgan fingerprint density at radius 3 is 2.80 bits per heavy atom. The summed E-state index contributed by atoms with van der Waals surface area (Å²) in [5.74, 6) is 0.137. The molecule has 182 valence electrons. The van der Waals surface area contributed by atoms with Crippen molar-refractivity contribution in [2.45, 2.75) is 31.8 Å². The minimum absolute atomic E-state index is 0.107. The van der Waals surface area contributed by atoms with Crippen molar-refractivity contribution in [3.8, 4) is 17.0 Å². The highest BCUT2D eigenvalue weighted by molar-refractivity contribution is 6.09. The molecular formula is C26H28FN5O3. The highest BCUT2D eigenvalue weighted by atomic mass is 19.1. The molecule has 0 saturated heterocycles. The van der Waals surface area contributed by atoms with E-state index < -0.39 is 12.4 Å². The number of halogens is 1. The number of amides is 1. The third kappa shape index (κ3) is 4.44. The van der Waals surface area contributed by atoms with Crippen molar-refractivity contribution in [1.82, 2.24) is 15.3 Å². The third-order valence-corrected chi connectivity index (χ3v) is 6.58. The highest BCUT2D eigenvalue weighted by Crippen LogP contribution is 2.42. The summed E-state index contributed by atoms with van der Waals surface area (Å²) in [5.41, 5.74) is 10.2. The van der Waals surface area contributed by atoms with Crippen LogP contribution in [0.5, 0.6) is 5.75 Å². The molecule has 0 atom stereocenters. The second kappa shape index (κ2) is 9.59. The second-order valence-electron chi connectivity index (χ2n) is 8.90. The van der Waals surface area contributed by atoms with Crippen molar-refractivity contribution in [3.05, 3.63) is 64.7 Å². The summed E-state index contributed by atoms with van der Waals surface area (Å²) >= 11 is 0. The van der Waals surface area contributed by atoms with Gasteiger partial charge in [0.1, 0.15) is 24.4 Å². The molecule has 9 heteroatoms. The molecule has 1 amide bonds. The molecule has 1 fully saturated rings. The lowest BCUT2D eigenvalue weighted by atomic mass is 9.93. The molecule has 4 N–H and O–H groups in total. The Balaban J connectivity index is 1.56. The van der Waals surface area contributed by atoms with Crippen LogP contribution < -0.4 is 20.7 Å². The van der Waals surface area contributed by atoms with Gasteiger partial charge in [0.15, 0.2) is 11.6 Å². The number of aliphatic hydroxyl groups excluding tert-OH is 1. The molecule has 0 radical (unpaired) electrons. The van der Waals surface area contributed by atoms with Crippen LogP contribution in [0.2, 0.25) is 0 Å². The largest absolute Gasteiger partial charge is 0.486 e. The van der Waals surface area contributed by atoms with Gasteiger partial charge in [-0.2, -0.15) is 0 Å². The first kappa shape index (κ1) is 23.2. The molecule has 1 saturated carbocycles. The normalized spacial score (nSPS) is 15.3. The van der Waals surface area contributed by atoms with Gasteiger partial charge in [0.05, 0.1) is 12.3 Å². The molecule has 1 aliphatic carbocycles. The molecule has 2 aromatic carbocycles. The molecule has 2 heterocycles. The van der Waals surface area contributed by atoms with Crippen LogP contribution in [0.25, 0.3) is 11.3 Å². The van der Waals surface area contributed by atoms with Crippen LogP contribution in [0, 0.1) is 5.82 Å². The molecule has 0 bridgehead atoms. The molecule has 0 unspecified atom stereocenters. The Morgan fingerprint density at radius 1 is 1.23 bits per heavy atom. The zero-order valence-electron chi connectivity index (χ0n) is 19.6. The Labute approximate surface area is 203 Å². The number of nitrogen functional groups attached to an aromatic ring is 1. The van der Waals surface area contributed by atoms with Crippen LogP contribution in [0.1, 0.15) is 45.8 Å². The number of anilines is 2. The molecule has 3 aromatic rings. The Hall–Kier alpha value is -3.56. The first-order chi connectivity index (χ1) is 17.0. The lowest BCUT2D eigenvalue weighted by molar-refractivity contribution is 0.0980. The minimum atomic E-state index is -0.562. The first-order valence-corrected chi connectivity index (χ1v) is 11.8. The first-order valence-electron chi connectivity index (χ1n) is 11.8. The molecule has 1 aliphatic heterocycles. The molecule has 5 rings (SSSR count). The molecule has 35 heavy (non-hydrogen) atoms. The smallest absolute Gasteiger partial charge is 0.258 e. The molecule has 0 spiro atoms. The van der Waals surface area contributed by atoms with E-state index in [2.05, 4.69) is 21.4 Å². The van der Waals surface area contributed by atoms with Gasteiger partial charge in [0.2, 0.25) is 0 Å². The predicted octanol–water partition coefficient (Wildman–Crippen LogP) is 3.04. The number of hydrogen-bond acceptors (Lipinski definition) is 7. The fourth-order valence-electron chi connectivity index (χ4n) is 4.63. The predicted molar refractivity (Wildman–Crippen MR) is 131 cm³/mol. The summed E-state index contributed by atoms with van der Waals surface area (Å²) in [7, 11) is 1.79. The number of likely N-dealkylation sites (N-methyl/N-ethyl adjacent to an activating group) is 1. The zero-order chi connectivity index (χ0) is 24.5. The van der Waals surface area contributed by atoms with E-state index in [-0.39, 0.29) is 23.2 Å². The number of aromatic nitrogens is 2. The molecule has 2 aliphatic rings. The van der Waals surface area contributed by atoms with E-state index >= 15 is 0 Å². The van der Waals surface area contributed by atoms with Crippen molar-refractivity contribution in [1.29, 1.82) is 0 Å². The van der Waals surface area contributed by atoms with E-state index in [4.69, 9.17) is 10.5 Å². The number of hydrogen-bond donors (Lipinski definition) is 3. The summed E-state index contributed by atoms with van der Waals surface area (Å²) in [6.07, 6.45) is 4.30. The average Bonchev–Trinajstić information content (AvgIpc) is 3.70. The van der Waals surface area contributed by atoms with Crippen molar-refractivity contribution in [2.24, 2.45) is 0 Å². The van der Waals surface area contributed by atoms with Gasteiger partial charge in [0, 0.05) is 29.8 Å². The van der Waals surface area contributed by atoms with Gasteiger partial charge in [0.25, 0.3) is 5.91 Å². The van der Waals surface area contributed by atoms with E-state index in [1.165, 1.54) is 41.8 Å². The van der Waals surface area contributed by atoms with Gasteiger partial charge in [-0.25, -0.2) is 14.4 Å². The minimum Gasteiger partial charge on any atom is -0.486 e. The van der Waals surface area contributed by atoms with Gasteiger partial charge >= 0.3 is 0 Å². The van der Waals surface area contributed by atoms with Crippen LogP contribution in [0.3, 0.4) is 0 Å². The van der Waals surface area contributed by atoms with Gasteiger partial charge < -0.3 is 25.8 Å². The summed E-state index contributed by atoms with van der Waals surface area (Å²) in [4.78, 5) is 23.3. The van der Waals surface area contributed by atoms with E-state index in [1.54, 1.807) is 7.05 Å². The number of carbonyl (C=O) groups is 1. The van der Waals surface area contributed by atoms with Gasteiger partial charge in [-0.3, -0.25) is 4.79 Å². The Bertz CT molecular complexity index is 1280. The quantitative estimate of drug-likeness (QED) is 0.428. The fraction of sp³-hybridized carbons (Fsp3) is 0.346. The standard InChI is InChI=1S/C26H28FN5O3/c1-29-7-9-35-24-23(30-14-31-25(24)28)20-11-18(27)12-22(21(20)13-33)32-8-6-17-10-16(15-2-3-15)4-5-19(17)26(32)34/h4-5,10-12,14-15,29,33H,2-3,6-9,13H2,1H3,(H2,28,30,31). The monoisotopic (exact) mass is 477 g/mol. The molecular weight excluding hydrogens is 449 g/mol. The van der Waals surface area contributed by atoms with Crippen LogP contribution in [0.15, 0.2) is 36.7 Å². The van der Waals surface area contributed by atoms with Crippen molar-refractivity contribution < 1.29 is 19.0 Å². The van der Waals surface area contributed by atoms with Crippen LogP contribution in [0.4, 0.5) is 15.9 Å². The van der Waals surface area contributed by atoms with Crippen LogP contribution >= 0.6 is 0 Å². The summed E-state index contributed by atoms with van der Waals surface area (Å²) in [6, 6.07) is 8.56. The second-order valence-corrected chi connectivity index (χ2v) is 8.90. The number of benzene rings is 2. The Kier molecular flexibility index (Phi) is 6.36. The number of nitrogens with zero attached hydrogens (tertiary/aromatic N) is 3. The van der Waals surface area contributed by atoms with Gasteiger partial charge in [-0.05, 0) is 61.6 Å². The topological polar surface area (TPSA) is 114 Å². The van der Waals surface area contributed by atoms with Crippen LogP contribution in [-0.2, 0) is 13.0 Å². The van der Waals surface area contributed by atoms with E-state index in [0.717, 1.165) is 5.56 Å². The third-order valence-electron chi connectivity index (χ3n) is 6.58. The highest BCUT2D eigenvalue weighted by Gasteiger charge is 2.31. The lowest BCUT2D eigenvalue weighted by Gasteiger charge is -2.31. The van der Waals surface area contributed by atoms with E-state index in [1.807, 2.05) is 12.1 Å².